The number of ketones is 1. The van der Waals surface area contributed by atoms with Gasteiger partial charge in [-0.25, -0.2) is 4.39 Å². The molecule has 2 rings (SSSR count). The van der Waals surface area contributed by atoms with Crippen LogP contribution in [0, 0.1) is 0 Å². The van der Waals surface area contributed by atoms with Crippen LogP contribution < -0.4 is 0 Å². The molecular formula is C14H18FNO. The van der Waals surface area contributed by atoms with Gasteiger partial charge < -0.3 is 0 Å². The summed E-state index contributed by atoms with van der Waals surface area (Å²) in [4.78, 5) is 14.0. The third-order valence-electron chi connectivity index (χ3n) is 3.30. The van der Waals surface area contributed by atoms with Crippen LogP contribution in [-0.2, 0) is 4.79 Å². The molecule has 0 aliphatic carbocycles. The standard InChI is InChI=1S/C14H18FNO/c1-2-13(17)14(11-6-4-3-5-7-11)16-9-8-12(15)10-16/h3-7,12,14H,2,8-10H2,1H3/t12-,14+/m0/s1. The molecule has 2 atom stereocenters. The summed E-state index contributed by atoms with van der Waals surface area (Å²) in [5, 5.41) is 0. The zero-order chi connectivity index (χ0) is 12.3. The van der Waals surface area contributed by atoms with Gasteiger partial charge in [-0.05, 0) is 12.0 Å². The van der Waals surface area contributed by atoms with E-state index < -0.39 is 6.17 Å². The van der Waals surface area contributed by atoms with Crippen LogP contribution >= 0.6 is 0 Å². The summed E-state index contributed by atoms with van der Waals surface area (Å²) in [6.45, 7) is 2.92. The van der Waals surface area contributed by atoms with Gasteiger partial charge >= 0.3 is 0 Å². The average Bonchev–Trinajstić information content (AvgIpc) is 2.77. The molecule has 17 heavy (non-hydrogen) atoms. The van der Waals surface area contributed by atoms with Gasteiger partial charge in [0.1, 0.15) is 6.17 Å². The molecule has 1 aromatic rings. The number of hydrogen-bond acceptors (Lipinski definition) is 2. The van der Waals surface area contributed by atoms with Crippen molar-refractivity contribution in [3.05, 3.63) is 35.9 Å². The number of likely N-dealkylation sites (tertiary alicyclic amines) is 1. The number of carbonyl (C=O) groups is 1. The zero-order valence-corrected chi connectivity index (χ0v) is 10.1. The largest absolute Gasteiger partial charge is 0.298 e. The summed E-state index contributed by atoms with van der Waals surface area (Å²) in [5.41, 5.74) is 0.980. The molecule has 0 radical (unpaired) electrons. The normalized spacial score (nSPS) is 22.6. The summed E-state index contributed by atoms with van der Waals surface area (Å²) >= 11 is 0. The first kappa shape index (κ1) is 12.2. The van der Waals surface area contributed by atoms with Crippen molar-refractivity contribution < 1.29 is 9.18 Å². The maximum Gasteiger partial charge on any atom is 0.154 e. The third-order valence-corrected chi connectivity index (χ3v) is 3.30. The highest BCUT2D eigenvalue weighted by molar-refractivity contribution is 5.85. The molecule has 1 aliphatic rings. The van der Waals surface area contributed by atoms with Crippen molar-refractivity contribution in [3.63, 3.8) is 0 Å². The Kier molecular flexibility index (Phi) is 3.89. The van der Waals surface area contributed by atoms with E-state index in [0.29, 0.717) is 25.9 Å². The quantitative estimate of drug-likeness (QED) is 0.799. The molecule has 1 heterocycles. The lowest BCUT2D eigenvalue weighted by atomic mass is 10.00. The number of Topliss-reactive ketones (excluding diaryl/α,β-unsaturated/α-hetero) is 1. The van der Waals surface area contributed by atoms with Crippen LogP contribution in [0.25, 0.3) is 0 Å². The molecule has 0 bridgehead atoms. The smallest absolute Gasteiger partial charge is 0.154 e. The topological polar surface area (TPSA) is 20.3 Å². The molecule has 0 saturated carbocycles. The van der Waals surface area contributed by atoms with Gasteiger partial charge in [-0.15, -0.1) is 0 Å². The molecule has 1 aliphatic heterocycles. The Morgan fingerprint density at radius 1 is 1.47 bits per heavy atom. The van der Waals surface area contributed by atoms with Crippen molar-refractivity contribution >= 4 is 5.78 Å². The molecule has 0 unspecified atom stereocenters. The van der Waals surface area contributed by atoms with E-state index in [0.717, 1.165) is 5.56 Å². The molecule has 2 nitrogen and oxygen atoms in total. The molecule has 1 aromatic carbocycles. The highest BCUT2D eigenvalue weighted by Crippen LogP contribution is 2.27. The van der Waals surface area contributed by atoms with E-state index in [-0.39, 0.29) is 11.8 Å². The summed E-state index contributed by atoms with van der Waals surface area (Å²) in [7, 11) is 0. The predicted molar refractivity (Wildman–Crippen MR) is 65.6 cm³/mol. The fraction of sp³-hybridized carbons (Fsp3) is 0.500. The van der Waals surface area contributed by atoms with Gasteiger partial charge in [-0.1, -0.05) is 37.3 Å². The average molecular weight is 235 g/mol. The molecule has 0 N–H and O–H groups in total. The summed E-state index contributed by atoms with van der Waals surface area (Å²) in [6, 6.07) is 9.41. The van der Waals surface area contributed by atoms with Gasteiger partial charge in [0.15, 0.2) is 5.78 Å². The second-order valence-electron chi connectivity index (χ2n) is 4.51. The van der Waals surface area contributed by atoms with Crippen LogP contribution in [-0.4, -0.2) is 29.9 Å². The van der Waals surface area contributed by atoms with Crippen LogP contribution in [0.3, 0.4) is 0 Å². The lowest BCUT2D eigenvalue weighted by molar-refractivity contribution is -0.123. The van der Waals surface area contributed by atoms with Crippen LogP contribution in [0.15, 0.2) is 30.3 Å². The van der Waals surface area contributed by atoms with E-state index >= 15 is 0 Å². The Bertz CT molecular complexity index is 379. The third kappa shape index (κ3) is 2.72. The first-order valence-corrected chi connectivity index (χ1v) is 6.18. The summed E-state index contributed by atoms with van der Waals surface area (Å²) < 4.78 is 13.3. The lowest BCUT2D eigenvalue weighted by Crippen LogP contribution is -2.32. The first-order valence-electron chi connectivity index (χ1n) is 6.18. The molecule has 0 amide bonds. The maximum atomic E-state index is 13.3. The molecule has 92 valence electrons. The Morgan fingerprint density at radius 3 is 2.71 bits per heavy atom. The SMILES string of the molecule is CCC(=O)[C@@H](c1ccccc1)N1CC[C@H](F)C1. The molecule has 0 spiro atoms. The van der Waals surface area contributed by atoms with Crippen LogP contribution in [0.5, 0.6) is 0 Å². The minimum atomic E-state index is -0.786. The van der Waals surface area contributed by atoms with Crippen molar-refractivity contribution in [1.82, 2.24) is 4.90 Å². The van der Waals surface area contributed by atoms with Gasteiger partial charge in [0.25, 0.3) is 0 Å². The molecular weight excluding hydrogens is 217 g/mol. The number of alkyl halides is 1. The Labute approximate surface area is 101 Å². The van der Waals surface area contributed by atoms with E-state index in [9.17, 15) is 9.18 Å². The fourth-order valence-electron chi connectivity index (χ4n) is 2.41. The second-order valence-corrected chi connectivity index (χ2v) is 4.51. The fourth-order valence-corrected chi connectivity index (χ4v) is 2.41. The second kappa shape index (κ2) is 5.41. The van der Waals surface area contributed by atoms with Gasteiger partial charge in [0.05, 0.1) is 6.04 Å². The number of hydrogen-bond donors (Lipinski definition) is 0. The number of benzene rings is 1. The predicted octanol–water partition coefficient (Wildman–Crippen LogP) is 2.75. The Balaban J connectivity index is 2.23. The van der Waals surface area contributed by atoms with Crippen molar-refractivity contribution in [2.45, 2.75) is 32.0 Å². The number of rotatable bonds is 4. The van der Waals surface area contributed by atoms with Crippen molar-refractivity contribution in [3.8, 4) is 0 Å². The van der Waals surface area contributed by atoms with Crippen molar-refractivity contribution in [2.24, 2.45) is 0 Å². The molecule has 1 fully saturated rings. The van der Waals surface area contributed by atoms with Gasteiger partial charge in [-0.2, -0.15) is 0 Å². The number of carbonyl (C=O) groups excluding carboxylic acids is 1. The van der Waals surface area contributed by atoms with E-state index in [4.69, 9.17) is 0 Å². The van der Waals surface area contributed by atoms with E-state index in [1.807, 2.05) is 42.2 Å². The zero-order valence-electron chi connectivity index (χ0n) is 10.1. The van der Waals surface area contributed by atoms with Gasteiger partial charge in [0, 0.05) is 19.5 Å². The maximum absolute atomic E-state index is 13.3. The highest BCUT2D eigenvalue weighted by atomic mass is 19.1. The number of halogens is 1. The van der Waals surface area contributed by atoms with Gasteiger partial charge in [0.2, 0.25) is 0 Å². The van der Waals surface area contributed by atoms with E-state index in [1.54, 1.807) is 0 Å². The highest BCUT2D eigenvalue weighted by Gasteiger charge is 2.32. The minimum Gasteiger partial charge on any atom is -0.298 e. The monoisotopic (exact) mass is 235 g/mol. The van der Waals surface area contributed by atoms with Crippen LogP contribution in [0.1, 0.15) is 31.4 Å². The lowest BCUT2D eigenvalue weighted by Gasteiger charge is -2.26. The first-order chi connectivity index (χ1) is 8.22. The van der Waals surface area contributed by atoms with Crippen molar-refractivity contribution in [2.75, 3.05) is 13.1 Å². The molecule has 1 saturated heterocycles. The summed E-state index contributed by atoms with van der Waals surface area (Å²) in [5.74, 6) is 0.172. The summed E-state index contributed by atoms with van der Waals surface area (Å²) in [6.07, 6.45) is 0.249. The Morgan fingerprint density at radius 2 is 2.18 bits per heavy atom. The number of nitrogens with zero attached hydrogens (tertiary/aromatic N) is 1. The van der Waals surface area contributed by atoms with Crippen LogP contribution in [0.2, 0.25) is 0 Å². The van der Waals surface area contributed by atoms with E-state index in [1.165, 1.54) is 0 Å². The van der Waals surface area contributed by atoms with Gasteiger partial charge in [-0.3, -0.25) is 9.69 Å². The van der Waals surface area contributed by atoms with Crippen molar-refractivity contribution in [1.29, 1.82) is 0 Å². The Hall–Kier alpha value is -1.22. The van der Waals surface area contributed by atoms with E-state index in [2.05, 4.69) is 0 Å². The molecule has 3 heteroatoms. The van der Waals surface area contributed by atoms with Crippen LogP contribution in [0.4, 0.5) is 4.39 Å². The minimum absolute atomic E-state index is 0.172. The molecule has 0 aromatic heterocycles.